The number of amides is 1. The summed E-state index contributed by atoms with van der Waals surface area (Å²) in [5.74, 6) is 2.50. The number of ether oxygens (including phenoxy) is 2. The fourth-order valence-electron chi connectivity index (χ4n) is 3.78. The first-order valence-corrected chi connectivity index (χ1v) is 11.1. The zero-order chi connectivity index (χ0) is 21.3. The minimum absolute atomic E-state index is 0. The summed E-state index contributed by atoms with van der Waals surface area (Å²) in [6.07, 6.45) is 2.53. The molecule has 1 N–H and O–H groups in total. The minimum Gasteiger partial charge on any atom is -0.493 e. The van der Waals surface area contributed by atoms with Crippen molar-refractivity contribution in [2.75, 3.05) is 53.0 Å². The summed E-state index contributed by atoms with van der Waals surface area (Å²) < 4.78 is 11.3. The standard InChI is InChI=1S/C23H36N4O3.HI/c1-18(2)17-30-20-8-6-19(7-9-20)10-11-25-23(24-3)27-14-12-26(13-15-27)22(28)21-5-4-16-29-21;/h6-9,18,21H,4-5,10-17H2,1-3H3,(H,24,25);1H. The highest BCUT2D eigenvalue weighted by Gasteiger charge is 2.30. The van der Waals surface area contributed by atoms with E-state index in [1.807, 2.05) is 24.1 Å². The molecule has 2 aliphatic heterocycles. The molecule has 31 heavy (non-hydrogen) atoms. The van der Waals surface area contributed by atoms with Gasteiger partial charge in [-0.3, -0.25) is 9.79 Å². The summed E-state index contributed by atoms with van der Waals surface area (Å²) in [4.78, 5) is 21.1. The van der Waals surface area contributed by atoms with Gasteiger partial charge in [0.25, 0.3) is 5.91 Å². The predicted octanol–water partition coefficient (Wildman–Crippen LogP) is 2.78. The third kappa shape index (κ3) is 7.82. The minimum atomic E-state index is -0.226. The molecule has 7 nitrogen and oxygen atoms in total. The van der Waals surface area contributed by atoms with Gasteiger partial charge in [-0.2, -0.15) is 0 Å². The van der Waals surface area contributed by atoms with Crippen molar-refractivity contribution in [1.29, 1.82) is 0 Å². The van der Waals surface area contributed by atoms with Crippen LogP contribution in [0.1, 0.15) is 32.3 Å². The lowest BCUT2D eigenvalue weighted by molar-refractivity contribution is -0.142. The van der Waals surface area contributed by atoms with Crippen molar-refractivity contribution >= 4 is 35.8 Å². The highest BCUT2D eigenvalue weighted by Crippen LogP contribution is 2.16. The lowest BCUT2D eigenvalue weighted by atomic mass is 10.1. The predicted molar refractivity (Wildman–Crippen MR) is 134 cm³/mol. The molecule has 174 valence electrons. The number of guanidine groups is 1. The highest BCUT2D eigenvalue weighted by molar-refractivity contribution is 14.0. The van der Waals surface area contributed by atoms with Crippen LogP contribution in [0.3, 0.4) is 0 Å². The van der Waals surface area contributed by atoms with E-state index < -0.39 is 0 Å². The number of aliphatic imine (C=N–C) groups is 1. The van der Waals surface area contributed by atoms with Crippen molar-refractivity contribution in [2.24, 2.45) is 10.9 Å². The fraction of sp³-hybridized carbons (Fsp3) is 0.652. The van der Waals surface area contributed by atoms with E-state index in [4.69, 9.17) is 9.47 Å². The number of piperazine rings is 1. The summed E-state index contributed by atoms with van der Waals surface area (Å²) in [7, 11) is 1.81. The summed E-state index contributed by atoms with van der Waals surface area (Å²) >= 11 is 0. The number of halogens is 1. The monoisotopic (exact) mass is 544 g/mol. The van der Waals surface area contributed by atoms with Crippen LogP contribution in [0.25, 0.3) is 0 Å². The van der Waals surface area contributed by atoms with Crippen molar-refractivity contribution in [3.8, 4) is 5.75 Å². The molecular formula is C23H37IN4O3. The Bertz CT molecular complexity index is 697. The van der Waals surface area contributed by atoms with Crippen molar-refractivity contribution in [3.63, 3.8) is 0 Å². The molecule has 0 aromatic heterocycles. The maximum Gasteiger partial charge on any atom is 0.251 e. The van der Waals surface area contributed by atoms with Gasteiger partial charge in [-0.25, -0.2) is 0 Å². The Kier molecular flexibility index (Phi) is 10.9. The van der Waals surface area contributed by atoms with E-state index in [-0.39, 0.29) is 36.0 Å². The third-order valence-corrected chi connectivity index (χ3v) is 5.51. The van der Waals surface area contributed by atoms with Gasteiger partial charge in [0.15, 0.2) is 5.96 Å². The molecule has 2 saturated heterocycles. The number of carbonyl (C=O) groups is 1. The van der Waals surface area contributed by atoms with Crippen molar-refractivity contribution in [2.45, 2.75) is 39.2 Å². The second-order valence-corrected chi connectivity index (χ2v) is 8.39. The molecule has 1 atom stereocenters. The van der Waals surface area contributed by atoms with Crippen LogP contribution in [0.15, 0.2) is 29.3 Å². The number of nitrogens with zero attached hydrogens (tertiary/aromatic N) is 3. The van der Waals surface area contributed by atoms with Crippen LogP contribution < -0.4 is 10.1 Å². The van der Waals surface area contributed by atoms with Crippen LogP contribution in [0.5, 0.6) is 5.75 Å². The van der Waals surface area contributed by atoms with E-state index >= 15 is 0 Å². The third-order valence-electron chi connectivity index (χ3n) is 5.51. The van der Waals surface area contributed by atoms with Gasteiger partial charge in [0, 0.05) is 46.4 Å². The summed E-state index contributed by atoms with van der Waals surface area (Å²) in [6, 6.07) is 8.32. The average Bonchev–Trinajstić information content (AvgIpc) is 3.31. The molecule has 0 saturated carbocycles. The van der Waals surface area contributed by atoms with Gasteiger partial charge in [-0.15, -0.1) is 24.0 Å². The molecule has 2 fully saturated rings. The number of nitrogens with one attached hydrogen (secondary N) is 1. The number of benzene rings is 1. The normalized spacial score (nSPS) is 19.4. The van der Waals surface area contributed by atoms with Gasteiger partial charge in [-0.1, -0.05) is 26.0 Å². The summed E-state index contributed by atoms with van der Waals surface area (Å²) in [5, 5.41) is 3.46. The molecule has 0 bridgehead atoms. The molecule has 1 aromatic rings. The van der Waals surface area contributed by atoms with E-state index in [9.17, 15) is 4.79 Å². The lowest BCUT2D eigenvalue weighted by Crippen LogP contribution is -2.55. The van der Waals surface area contributed by atoms with Crippen molar-refractivity contribution in [1.82, 2.24) is 15.1 Å². The summed E-state index contributed by atoms with van der Waals surface area (Å²) in [5.41, 5.74) is 1.27. The number of rotatable bonds is 7. The topological polar surface area (TPSA) is 66.4 Å². The summed E-state index contributed by atoms with van der Waals surface area (Å²) in [6.45, 7) is 9.58. The van der Waals surface area contributed by atoms with Gasteiger partial charge in [0.05, 0.1) is 6.61 Å². The molecule has 2 aliphatic rings. The SMILES string of the molecule is CN=C(NCCc1ccc(OCC(C)C)cc1)N1CCN(C(=O)C2CCCO2)CC1.I. The lowest BCUT2D eigenvalue weighted by Gasteiger charge is -2.37. The quantitative estimate of drug-likeness (QED) is 0.325. The molecule has 8 heteroatoms. The van der Waals surface area contributed by atoms with Gasteiger partial charge in [0.2, 0.25) is 0 Å². The Labute approximate surface area is 203 Å². The first kappa shape index (κ1) is 25.7. The number of hydrogen-bond acceptors (Lipinski definition) is 4. The van der Waals surface area contributed by atoms with Gasteiger partial charge < -0.3 is 24.6 Å². The van der Waals surface area contributed by atoms with Crippen LogP contribution >= 0.6 is 24.0 Å². The van der Waals surface area contributed by atoms with Gasteiger partial charge >= 0.3 is 0 Å². The second-order valence-electron chi connectivity index (χ2n) is 8.39. The fourth-order valence-corrected chi connectivity index (χ4v) is 3.78. The largest absolute Gasteiger partial charge is 0.493 e. The number of hydrogen-bond donors (Lipinski definition) is 1. The Morgan fingerprint density at radius 2 is 1.87 bits per heavy atom. The smallest absolute Gasteiger partial charge is 0.251 e. The zero-order valence-electron chi connectivity index (χ0n) is 19.0. The van der Waals surface area contributed by atoms with Crippen LogP contribution in [-0.4, -0.2) is 80.8 Å². The van der Waals surface area contributed by atoms with E-state index in [1.165, 1.54) is 5.56 Å². The molecule has 2 heterocycles. The Morgan fingerprint density at radius 3 is 2.45 bits per heavy atom. The maximum absolute atomic E-state index is 12.5. The van der Waals surface area contributed by atoms with Crippen LogP contribution in [0.4, 0.5) is 0 Å². The molecule has 1 unspecified atom stereocenters. The van der Waals surface area contributed by atoms with Crippen LogP contribution in [0, 0.1) is 5.92 Å². The van der Waals surface area contributed by atoms with Gasteiger partial charge in [-0.05, 0) is 42.9 Å². The van der Waals surface area contributed by atoms with Gasteiger partial charge in [0.1, 0.15) is 11.9 Å². The average molecular weight is 544 g/mol. The molecule has 0 spiro atoms. The first-order valence-electron chi connectivity index (χ1n) is 11.1. The Morgan fingerprint density at radius 1 is 1.19 bits per heavy atom. The van der Waals surface area contributed by atoms with E-state index in [1.54, 1.807) is 0 Å². The number of carbonyl (C=O) groups excluding carboxylic acids is 1. The van der Waals surface area contributed by atoms with Crippen molar-refractivity contribution in [3.05, 3.63) is 29.8 Å². The Hall–Kier alpha value is -1.55. The second kappa shape index (κ2) is 13.1. The van der Waals surface area contributed by atoms with E-state index in [0.29, 0.717) is 12.5 Å². The highest BCUT2D eigenvalue weighted by atomic mass is 127. The molecule has 0 radical (unpaired) electrons. The van der Waals surface area contributed by atoms with Crippen LogP contribution in [-0.2, 0) is 16.0 Å². The molecule has 1 amide bonds. The molecule has 3 rings (SSSR count). The zero-order valence-corrected chi connectivity index (χ0v) is 21.3. The molecule has 0 aliphatic carbocycles. The first-order chi connectivity index (χ1) is 14.6. The molecular weight excluding hydrogens is 507 g/mol. The van der Waals surface area contributed by atoms with E-state index in [0.717, 1.165) is 70.3 Å². The molecule has 1 aromatic carbocycles. The maximum atomic E-state index is 12.5. The van der Waals surface area contributed by atoms with Crippen LogP contribution in [0.2, 0.25) is 0 Å². The van der Waals surface area contributed by atoms with E-state index in [2.05, 4.69) is 41.2 Å². The van der Waals surface area contributed by atoms with Crippen molar-refractivity contribution < 1.29 is 14.3 Å². The Balaban J connectivity index is 0.00000341.